The fraction of sp³-hybridized carbons (Fsp3) is 0.562. The zero-order valence-electron chi connectivity index (χ0n) is 13.3. The molecule has 0 aromatic heterocycles. The Morgan fingerprint density at radius 2 is 1.86 bits per heavy atom. The molecule has 118 valence electrons. The Morgan fingerprint density at radius 1 is 1.19 bits per heavy atom. The molecule has 0 aliphatic heterocycles. The third kappa shape index (κ3) is 6.25. The normalized spacial score (nSPS) is 12.4. The molecule has 1 rings (SSSR count). The van der Waals surface area contributed by atoms with Gasteiger partial charge in [0.25, 0.3) is 0 Å². The van der Waals surface area contributed by atoms with Gasteiger partial charge in [-0.05, 0) is 32.6 Å². The maximum atomic E-state index is 12.6. The second-order valence-corrected chi connectivity index (χ2v) is 5.36. The number of methoxy groups -OCH3 is 1. The second-order valence-electron chi connectivity index (χ2n) is 5.36. The summed E-state index contributed by atoms with van der Waals surface area (Å²) in [6.45, 7) is 2.73. The summed E-state index contributed by atoms with van der Waals surface area (Å²) in [7, 11) is 5.69. The first kappa shape index (κ1) is 17.6. The molecular weight excluding hydrogens is 266 g/mol. The smallest absolute Gasteiger partial charge is 0.244 e. The Hall–Kier alpha value is -1.43. The molecule has 0 fully saturated rings. The number of amides is 1. The molecule has 0 unspecified atom stereocenters. The van der Waals surface area contributed by atoms with E-state index in [1.165, 1.54) is 0 Å². The van der Waals surface area contributed by atoms with Crippen LogP contribution in [-0.2, 0) is 9.53 Å². The molecule has 0 saturated carbocycles. The fourth-order valence-electron chi connectivity index (χ4n) is 2.11. The highest BCUT2D eigenvalue weighted by molar-refractivity contribution is 5.83. The highest BCUT2D eigenvalue weighted by Crippen LogP contribution is 2.13. The number of nitrogens with zero attached hydrogens (tertiary/aromatic N) is 2. The van der Waals surface area contributed by atoms with E-state index in [-0.39, 0.29) is 5.91 Å². The monoisotopic (exact) mass is 293 g/mol. The number of nitrogens with two attached hydrogens (primary N) is 1. The predicted octanol–water partition coefficient (Wildman–Crippen LogP) is 1.11. The van der Waals surface area contributed by atoms with Crippen molar-refractivity contribution in [1.82, 2.24) is 9.80 Å². The van der Waals surface area contributed by atoms with Gasteiger partial charge in [-0.1, -0.05) is 30.3 Å². The van der Waals surface area contributed by atoms with Gasteiger partial charge in [-0.15, -0.1) is 0 Å². The van der Waals surface area contributed by atoms with E-state index in [1.54, 1.807) is 12.0 Å². The van der Waals surface area contributed by atoms with Gasteiger partial charge in [-0.3, -0.25) is 4.79 Å². The zero-order valence-corrected chi connectivity index (χ0v) is 13.3. The van der Waals surface area contributed by atoms with Crippen molar-refractivity contribution in [2.45, 2.75) is 12.5 Å². The van der Waals surface area contributed by atoms with Gasteiger partial charge < -0.3 is 20.3 Å². The average Bonchev–Trinajstić information content (AvgIpc) is 2.49. The number of carbonyl (C=O) groups excluding carboxylic acids is 1. The largest absolute Gasteiger partial charge is 0.383 e. The second kappa shape index (κ2) is 9.50. The summed E-state index contributed by atoms with van der Waals surface area (Å²) < 4.78 is 5.09. The molecule has 5 heteroatoms. The summed E-state index contributed by atoms with van der Waals surface area (Å²) >= 11 is 0. The lowest BCUT2D eigenvalue weighted by molar-refractivity contribution is -0.133. The van der Waals surface area contributed by atoms with Crippen LogP contribution in [-0.4, -0.2) is 63.2 Å². The molecule has 21 heavy (non-hydrogen) atoms. The Morgan fingerprint density at radius 3 is 2.43 bits per heavy atom. The molecular formula is C16H27N3O2. The van der Waals surface area contributed by atoms with Gasteiger partial charge in [0.05, 0.1) is 6.61 Å². The minimum Gasteiger partial charge on any atom is -0.383 e. The van der Waals surface area contributed by atoms with E-state index >= 15 is 0 Å². The van der Waals surface area contributed by atoms with Crippen molar-refractivity contribution in [3.8, 4) is 0 Å². The van der Waals surface area contributed by atoms with E-state index in [0.717, 1.165) is 18.5 Å². The summed E-state index contributed by atoms with van der Waals surface area (Å²) in [6.07, 6.45) is 0.921. The first-order chi connectivity index (χ1) is 10.1. The van der Waals surface area contributed by atoms with Gasteiger partial charge in [-0.25, -0.2) is 0 Å². The molecule has 0 spiro atoms. The van der Waals surface area contributed by atoms with E-state index in [4.69, 9.17) is 10.5 Å². The third-order valence-electron chi connectivity index (χ3n) is 3.34. The van der Waals surface area contributed by atoms with Crippen molar-refractivity contribution < 1.29 is 9.53 Å². The van der Waals surface area contributed by atoms with Crippen LogP contribution < -0.4 is 5.73 Å². The van der Waals surface area contributed by atoms with Gasteiger partial charge in [0, 0.05) is 20.2 Å². The summed E-state index contributed by atoms with van der Waals surface area (Å²) in [6, 6.07) is 8.87. The van der Waals surface area contributed by atoms with E-state index in [0.29, 0.717) is 19.7 Å². The number of hydrogen-bond acceptors (Lipinski definition) is 4. The van der Waals surface area contributed by atoms with Crippen LogP contribution in [0.25, 0.3) is 0 Å². The Labute approximate surface area is 127 Å². The van der Waals surface area contributed by atoms with E-state index < -0.39 is 6.04 Å². The molecule has 1 amide bonds. The first-order valence-electron chi connectivity index (χ1n) is 7.29. The van der Waals surface area contributed by atoms with Crippen molar-refractivity contribution in [3.63, 3.8) is 0 Å². The number of ether oxygens (including phenoxy) is 1. The highest BCUT2D eigenvalue weighted by Gasteiger charge is 2.21. The van der Waals surface area contributed by atoms with Crippen molar-refractivity contribution in [1.29, 1.82) is 0 Å². The van der Waals surface area contributed by atoms with Crippen LogP contribution in [0.2, 0.25) is 0 Å². The summed E-state index contributed by atoms with van der Waals surface area (Å²) in [5.74, 6) is -0.0444. The summed E-state index contributed by atoms with van der Waals surface area (Å²) in [4.78, 5) is 16.5. The maximum absolute atomic E-state index is 12.6. The van der Waals surface area contributed by atoms with Crippen LogP contribution in [0.5, 0.6) is 0 Å². The van der Waals surface area contributed by atoms with Crippen molar-refractivity contribution >= 4 is 5.91 Å². The lowest BCUT2D eigenvalue weighted by Gasteiger charge is -2.26. The van der Waals surface area contributed by atoms with E-state index in [2.05, 4.69) is 4.90 Å². The molecule has 0 heterocycles. The molecule has 0 saturated heterocycles. The van der Waals surface area contributed by atoms with Gasteiger partial charge in [0.1, 0.15) is 6.04 Å². The Bertz CT molecular complexity index is 409. The molecule has 5 nitrogen and oxygen atoms in total. The third-order valence-corrected chi connectivity index (χ3v) is 3.34. The van der Waals surface area contributed by atoms with Crippen LogP contribution in [0.15, 0.2) is 30.3 Å². The molecule has 0 aliphatic carbocycles. The number of rotatable bonds is 9. The molecule has 0 radical (unpaired) electrons. The van der Waals surface area contributed by atoms with Gasteiger partial charge in [0.2, 0.25) is 5.91 Å². The van der Waals surface area contributed by atoms with E-state index in [1.807, 2.05) is 44.4 Å². The highest BCUT2D eigenvalue weighted by atomic mass is 16.5. The molecule has 1 atom stereocenters. The minimum atomic E-state index is -0.609. The van der Waals surface area contributed by atoms with Crippen LogP contribution in [0.3, 0.4) is 0 Å². The molecule has 0 aliphatic rings. The average molecular weight is 293 g/mol. The molecule has 1 aromatic rings. The van der Waals surface area contributed by atoms with Crippen LogP contribution in [0, 0.1) is 0 Å². The topological polar surface area (TPSA) is 58.8 Å². The maximum Gasteiger partial charge on any atom is 0.244 e. The zero-order chi connectivity index (χ0) is 15.7. The van der Waals surface area contributed by atoms with Gasteiger partial charge >= 0.3 is 0 Å². The number of hydrogen-bond donors (Lipinski definition) is 1. The molecule has 2 N–H and O–H groups in total. The lowest BCUT2D eigenvalue weighted by atomic mass is 10.1. The van der Waals surface area contributed by atoms with Gasteiger partial charge in [-0.2, -0.15) is 0 Å². The molecule has 0 bridgehead atoms. The van der Waals surface area contributed by atoms with Crippen molar-refractivity contribution in [2.24, 2.45) is 5.73 Å². The first-order valence-corrected chi connectivity index (χ1v) is 7.29. The quantitative estimate of drug-likeness (QED) is 0.741. The van der Waals surface area contributed by atoms with Gasteiger partial charge in [0.15, 0.2) is 0 Å². The number of carbonyl (C=O) groups is 1. The summed E-state index contributed by atoms with van der Waals surface area (Å²) in [5.41, 5.74) is 6.95. The standard InChI is InChI=1S/C16H27N3O2/c1-18(2)10-7-11-19(12-13-21-3)16(20)15(17)14-8-5-4-6-9-14/h4-6,8-9,15H,7,10-13,17H2,1-3H3/t15-/m0/s1. The lowest BCUT2D eigenvalue weighted by Crippen LogP contribution is -2.41. The van der Waals surface area contributed by atoms with Crippen LogP contribution in [0.4, 0.5) is 0 Å². The Kier molecular flexibility index (Phi) is 7.97. The minimum absolute atomic E-state index is 0.0444. The van der Waals surface area contributed by atoms with Crippen LogP contribution in [0.1, 0.15) is 18.0 Å². The Balaban J connectivity index is 2.65. The number of benzene rings is 1. The van der Waals surface area contributed by atoms with Crippen molar-refractivity contribution in [3.05, 3.63) is 35.9 Å². The predicted molar refractivity (Wildman–Crippen MR) is 85.0 cm³/mol. The summed E-state index contributed by atoms with van der Waals surface area (Å²) in [5, 5.41) is 0. The fourth-order valence-corrected chi connectivity index (χ4v) is 2.11. The van der Waals surface area contributed by atoms with Crippen molar-refractivity contribution in [2.75, 3.05) is 47.4 Å². The SMILES string of the molecule is COCCN(CCCN(C)C)C(=O)[C@@H](N)c1ccccc1. The van der Waals surface area contributed by atoms with E-state index in [9.17, 15) is 4.79 Å². The molecule has 1 aromatic carbocycles. The van der Waals surface area contributed by atoms with Crippen LogP contribution >= 0.6 is 0 Å².